The number of carbonyl (C=O) groups is 1. The van der Waals surface area contributed by atoms with Crippen molar-refractivity contribution < 1.29 is 4.79 Å². The minimum Gasteiger partial charge on any atom is -0.346 e. The largest absolute Gasteiger partial charge is 0.346 e. The van der Waals surface area contributed by atoms with Gasteiger partial charge in [0.2, 0.25) is 0 Å². The van der Waals surface area contributed by atoms with Crippen LogP contribution in [0.15, 0.2) is 28.6 Å². The highest BCUT2D eigenvalue weighted by molar-refractivity contribution is 9.10. The van der Waals surface area contributed by atoms with E-state index in [4.69, 9.17) is 12.2 Å². The maximum Gasteiger partial charge on any atom is 0.273 e. The molecule has 1 amide bonds. The molecule has 0 radical (unpaired) electrons. The number of pyridine rings is 1. The third-order valence-corrected chi connectivity index (χ3v) is 3.19. The molecule has 0 saturated carbocycles. The van der Waals surface area contributed by atoms with E-state index in [9.17, 15) is 4.79 Å². The summed E-state index contributed by atoms with van der Waals surface area (Å²) >= 11 is 8.25. The summed E-state index contributed by atoms with van der Waals surface area (Å²) in [5.74, 6) is -0.225. The van der Waals surface area contributed by atoms with Crippen LogP contribution in [0.5, 0.6) is 0 Å². The fraction of sp³-hybridized carbons (Fsp3) is 0. The van der Waals surface area contributed by atoms with Gasteiger partial charge in [-0.3, -0.25) is 10.1 Å². The first-order valence-corrected chi connectivity index (χ1v) is 6.30. The number of fused-ring (bicyclic) bond motifs is 1. The lowest BCUT2D eigenvalue weighted by Gasteiger charge is -1.95. The molecule has 2 aromatic heterocycles. The van der Waals surface area contributed by atoms with Gasteiger partial charge in [0, 0.05) is 27.8 Å². The lowest BCUT2D eigenvalue weighted by Crippen LogP contribution is -2.21. The van der Waals surface area contributed by atoms with Crippen LogP contribution in [-0.4, -0.2) is 21.0 Å². The Labute approximate surface area is 116 Å². The number of hydrogen-bond acceptors (Lipinski definition) is 3. The van der Waals surface area contributed by atoms with Crippen LogP contribution in [0.3, 0.4) is 0 Å². The van der Waals surface area contributed by atoms with Crippen molar-refractivity contribution in [2.24, 2.45) is 0 Å². The number of aromatic amines is 1. The van der Waals surface area contributed by atoms with Gasteiger partial charge in [-0.1, -0.05) is 0 Å². The summed E-state index contributed by atoms with van der Waals surface area (Å²) in [4.78, 5) is 18.8. The monoisotopic (exact) mass is 322 g/mol. The second-order valence-corrected chi connectivity index (χ2v) is 5.08. The number of thiocarbonyl (C=S) groups is 1. The fourth-order valence-corrected chi connectivity index (χ4v) is 2.29. The topological polar surface area (TPSA) is 69.8 Å². The van der Waals surface area contributed by atoms with Crippen LogP contribution in [0.4, 0.5) is 0 Å². The van der Waals surface area contributed by atoms with Crippen LogP contribution < -0.4 is 10.6 Å². The minimum atomic E-state index is -0.225. The van der Waals surface area contributed by atoms with Gasteiger partial charge >= 0.3 is 0 Å². The van der Waals surface area contributed by atoms with E-state index in [-0.39, 0.29) is 5.91 Å². The Morgan fingerprint density at radius 2 is 2.22 bits per heavy atom. The first-order valence-electron chi connectivity index (χ1n) is 5.10. The first kappa shape index (κ1) is 11.4. The van der Waals surface area contributed by atoms with E-state index in [0.29, 0.717) is 10.8 Å². The highest BCUT2D eigenvalue weighted by atomic mass is 79.9. The number of carbonyl (C=O) groups excluding carboxylic acids is 1. The number of aromatic nitrogens is 2. The number of nitrogens with zero attached hydrogens (tertiary/aromatic N) is 1. The molecule has 0 aromatic carbocycles. The van der Waals surface area contributed by atoms with E-state index in [1.165, 1.54) is 0 Å². The zero-order chi connectivity index (χ0) is 12.7. The summed E-state index contributed by atoms with van der Waals surface area (Å²) in [5.41, 5.74) is 2.08. The molecule has 0 atom stereocenters. The summed E-state index contributed by atoms with van der Waals surface area (Å²) in [5, 5.41) is 6.58. The molecule has 0 unspecified atom stereocenters. The predicted octanol–water partition coefficient (Wildman–Crippen LogP) is 1.67. The van der Waals surface area contributed by atoms with Gasteiger partial charge in [0.1, 0.15) is 11.3 Å². The standard InChI is InChI=1S/C11H7BrN4OS/c12-6-2-7-5(3-13-9(7)14-4-6)1-8-10(17)16-11(18)15-8/h1-4H,(H,13,14)(H2,15,16,17,18)/b8-1-. The van der Waals surface area contributed by atoms with Crippen LogP contribution in [0.1, 0.15) is 5.56 Å². The molecular weight excluding hydrogens is 316 g/mol. The molecule has 90 valence electrons. The highest BCUT2D eigenvalue weighted by Gasteiger charge is 2.20. The van der Waals surface area contributed by atoms with Crippen molar-refractivity contribution in [3.63, 3.8) is 0 Å². The van der Waals surface area contributed by atoms with E-state index >= 15 is 0 Å². The number of halogens is 1. The number of amides is 1. The minimum absolute atomic E-state index is 0.225. The first-order chi connectivity index (χ1) is 8.63. The summed E-state index contributed by atoms with van der Waals surface area (Å²) in [6.07, 6.45) is 5.25. The molecule has 0 aliphatic carbocycles. The Hall–Kier alpha value is -1.73. The third kappa shape index (κ3) is 1.91. The van der Waals surface area contributed by atoms with Crippen molar-refractivity contribution in [1.82, 2.24) is 20.6 Å². The van der Waals surface area contributed by atoms with E-state index in [1.54, 1.807) is 18.5 Å². The van der Waals surface area contributed by atoms with Gasteiger partial charge < -0.3 is 10.3 Å². The summed E-state index contributed by atoms with van der Waals surface area (Å²) in [7, 11) is 0. The SMILES string of the molecule is O=C1NC(=S)N/C1=C\c1c[nH]c2ncc(Br)cc12. The average Bonchev–Trinajstić information content (AvgIpc) is 2.84. The van der Waals surface area contributed by atoms with Crippen molar-refractivity contribution in [2.45, 2.75) is 0 Å². The van der Waals surface area contributed by atoms with Crippen LogP contribution >= 0.6 is 28.1 Å². The molecule has 1 aliphatic rings. The molecule has 0 spiro atoms. The Morgan fingerprint density at radius 3 is 2.94 bits per heavy atom. The second kappa shape index (κ2) is 4.18. The lowest BCUT2D eigenvalue weighted by atomic mass is 10.2. The summed E-state index contributed by atoms with van der Waals surface area (Å²) in [6.45, 7) is 0. The van der Waals surface area contributed by atoms with Crippen LogP contribution in [0, 0.1) is 0 Å². The van der Waals surface area contributed by atoms with Gasteiger partial charge in [0.25, 0.3) is 5.91 Å². The normalized spacial score (nSPS) is 17.3. The number of nitrogens with one attached hydrogen (secondary N) is 3. The molecule has 3 heterocycles. The summed E-state index contributed by atoms with van der Waals surface area (Å²) in [6, 6.07) is 1.94. The van der Waals surface area contributed by atoms with Crippen molar-refractivity contribution in [1.29, 1.82) is 0 Å². The van der Waals surface area contributed by atoms with E-state index in [0.717, 1.165) is 21.1 Å². The molecule has 0 bridgehead atoms. The average molecular weight is 323 g/mol. The maximum atomic E-state index is 11.5. The quantitative estimate of drug-likeness (QED) is 0.552. The Bertz CT molecular complexity index is 706. The van der Waals surface area contributed by atoms with Crippen molar-refractivity contribution in [3.05, 3.63) is 34.2 Å². The Kier molecular flexibility index (Phi) is 2.64. The van der Waals surface area contributed by atoms with Crippen molar-refractivity contribution >= 4 is 56.3 Å². The number of rotatable bonds is 1. The van der Waals surface area contributed by atoms with Gasteiger partial charge in [-0.2, -0.15) is 0 Å². The zero-order valence-electron chi connectivity index (χ0n) is 8.95. The summed E-state index contributed by atoms with van der Waals surface area (Å²) < 4.78 is 0.883. The molecule has 7 heteroatoms. The molecular formula is C11H7BrN4OS. The Balaban J connectivity index is 2.10. The van der Waals surface area contributed by atoms with Gasteiger partial charge in [-0.15, -0.1) is 0 Å². The Morgan fingerprint density at radius 1 is 1.39 bits per heavy atom. The van der Waals surface area contributed by atoms with Crippen LogP contribution in [0.2, 0.25) is 0 Å². The molecule has 3 N–H and O–H groups in total. The van der Waals surface area contributed by atoms with Gasteiger partial charge in [0.05, 0.1) is 0 Å². The van der Waals surface area contributed by atoms with Crippen LogP contribution in [-0.2, 0) is 4.79 Å². The molecule has 1 saturated heterocycles. The molecule has 3 rings (SSSR count). The molecule has 5 nitrogen and oxygen atoms in total. The maximum absolute atomic E-state index is 11.5. The second-order valence-electron chi connectivity index (χ2n) is 3.76. The van der Waals surface area contributed by atoms with Crippen molar-refractivity contribution in [3.8, 4) is 0 Å². The molecule has 1 fully saturated rings. The van der Waals surface area contributed by atoms with Crippen LogP contribution in [0.25, 0.3) is 17.1 Å². The van der Waals surface area contributed by atoms with Gasteiger partial charge in [-0.25, -0.2) is 4.98 Å². The smallest absolute Gasteiger partial charge is 0.273 e. The van der Waals surface area contributed by atoms with E-state index in [2.05, 4.69) is 36.5 Å². The van der Waals surface area contributed by atoms with Gasteiger partial charge in [-0.05, 0) is 40.3 Å². The third-order valence-electron chi connectivity index (χ3n) is 2.55. The highest BCUT2D eigenvalue weighted by Crippen LogP contribution is 2.22. The van der Waals surface area contributed by atoms with Crippen molar-refractivity contribution in [2.75, 3.05) is 0 Å². The molecule has 2 aromatic rings. The number of H-pyrrole nitrogens is 1. The fourth-order valence-electron chi connectivity index (χ4n) is 1.76. The van der Waals surface area contributed by atoms with E-state index in [1.807, 2.05) is 6.07 Å². The van der Waals surface area contributed by atoms with Gasteiger partial charge in [0.15, 0.2) is 5.11 Å². The molecule has 18 heavy (non-hydrogen) atoms. The molecule has 1 aliphatic heterocycles. The van der Waals surface area contributed by atoms with E-state index < -0.39 is 0 Å². The predicted molar refractivity (Wildman–Crippen MR) is 75.6 cm³/mol. The number of hydrogen-bond donors (Lipinski definition) is 3. The zero-order valence-corrected chi connectivity index (χ0v) is 11.4. The lowest BCUT2D eigenvalue weighted by molar-refractivity contribution is -0.115.